The summed E-state index contributed by atoms with van der Waals surface area (Å²) in [6.45, 7) is 7.26. The molecule has 1 unspecified atom stereocenters. The van der Waals surface area contributed by atoms with Crippen LogP contribution in [0, 0.1) is 5.41 Å². The van der Waals surface area contributed by atoms with E-state index in [1.807, 2.05) is 17.5 Å². The molecule has 0 spiro atoms. The van der Waals surface area contributed by atoms with Crippen LogP contribution in [0.2, 0.25) is 0 Å². The van der Waals surface area contributed by atoms with Gasteiger partial charge in [0, 0.05) is 11.4 Å². The SMILES string of the molecule is CC(C)(C)CC(Br)CNC(=O)c1cccs1. The van der Waals surface area contributed by atoms with Gasteiger partial charge in [-0.2, -0.15) is 0 Å². The van der Waals surface area contributed by atoms with Crippen molar-refractivity contribution in [2.45, 2.75) is 32.0 Å². The minimum Gasteiger partial charge on any atom is -0.350 e. The molecule has 0 saturated heterocycles. The van der Waals surface area contributed by atoms with Crippen LogP contribution in [0.4, 0.5) is 0 Å². The number of hydrogen-bond donors (Lipinski definition) is 1. The predicted molar refractivity (Wildman–Crippen MR) is 73.4 cm³/mol. The molecule has 0 aromatic carbocycles. The van der Waals surface area contributed by atoms with Gasteiger partial charge >= 0.3 is 0 Å². The molecule has 1 N–H and O–H groups in total. The van der Waals surface area contributed by atoms with E-state index in [4.69, 9.17) is 0 Å². The topological polar surface area (TPSA) is 29.1 Å². The summed E-state index contributed by atoms with van der Waals surface area (Å²) in [5.74, 6) is 0.0216. The Morgan fingerprint density at radius 1 is 1.56 bits per heavy atom. The number of alkyl halides is 1. The van der Waals surface area contributed by atoms with Crippen molar-refractivity contribution in [2.24, 2.45) is 5.41 Å². The van der Waals surface area contributed by atoms with Crippen LogP contribution in [-0.2, 0) is 0 Å². The fraction of sp³-hybridized carbons (Fsp3) is 0.583. The lowest BCUT2D eigenvalue weighted by molar-refractivity contribution is 0.0956. The van der Waals surface area contributed by atoms with Gasteiger partial charge < -0.3 is 5.32 Å². The van der Waals surface area contributed by atoms with Crippen LogP contribution in [0.5, 0.6) is 0 Å². The molecule has 1 heterocycles. The Bertz CT molecular complexity index is 329. The Morgan fingerprint density at radius 2 is 2.25 bits per heavy atom. The molecule has 0 aliphatic heterocycles. The second-order valence-electron chi connectivity index (χ2n) is 5.05. The molecule has 1 aromatic heterocycles. The lowest BCUT2D eigenvalue weighted by Crippen LogP contribution is -2.30. The Balaban J connectivity index is 2.32. The average Bonchev–Trinajstić information content (AvgIpc) is 2.64. The van der Waals surface area contributed by atoms with Crippen molar-refractivity contribution in [1.82, 2.24) is 5.32 Å². The molecule has 0 fully saturated rings. The number of halogens is 1. The summed E-state index contributed by atoms with van der Waals surface area (Å²) in [4.78, 5) is 12.8. The molecule has 0 saturated carbocycles. The molecule has 16 heavy (non-hydrogen) atoms. The van der Waals surface area contributed by atoms with E-state index in [1.54, 1.807) is 0 Å². The van der Waals surface area contributed by atoms with Gasteiger partial charge in [0.2, 0.25) is 0 Å². The summed E-state index contributed by atoms with van der Waals surface area (Å²) in [7, 11) is 0. The number of hydrogen-bond acceptors (Lipinski definition) is 2. The van der Waals surface area contributed by atoms with Gasteiger partial charge in [0.1, 0.15) is 0 Å². The van der Waals surface area contributed by atoms with Gasteiger partial charge in [0.05, 0.1) is 4.88 Å². The van der Waals surface area contributed by atoms with E-state index in [-0.39, 0.29) is 11.3 Å². The average molecular weight is 304 g/mol. The first kappa shape index (κ1) is 13.7. The molecule has 1 aromatic rings. The van der Waals surface area contributed by atoms with Gasteiger partial charge in [-0.05, 0) is 23.3 Å². The van der Waals surface area contributed by atoms with Crippen molar-refractivity contribution in [3.05, 3.63) is 22.4 Å². The van der Waals surface area contributed by atoms with Crippen molar-refractivity contribution in [3.63, 3.8) is 0 Å². The van der Waals surface area contributed by atoms with Crippen LogP contribution in [0.1, 0.15) is 36.9 Å². The highest BCUT2D eigenvalue weighted by molar-refractivity contribution is 9.09. The van der Waals surface area contributed by atoms with Crippen molar-refractivity contribution < 1.29 is 4.79 Å². The van der Waals surface area contributed by atoms with E-state index >= 15 is 0 Å². The van der Waals surface area contributed by atoms with Gasteiger partial charge in [0.15, 0.2) is 0 Å². The van der Waals surface area contributed by atoms with Crippen LogP contribution in [0.3, 0.4) is 0 Å². The van der Waals surface area contributed by atoms with Gasteiger partial charge in [-0.15, -0.1) is 11.3 Å². The quantitative estimate of drug-likeness (QED) is 0.845. The summed E-state index contributed by atoms with van der Waals surface area (Å²) < 4.78 is 0. The zero-order valence-corrected chi connectivity index (χ0v) is 12.3. The molecule has 0 aliphatic rings. The monoisotopic (exact) mass is 303 g/mol. The largest absolute Gasteiger partial charge is 0.350 e. The molecule has 1 amide bonds. The first-order valence-corrected chi connectivity index (χ1v) is 7.14. The Kier molecular flexibility index (Phi) is 4.99. The van der Waals surface area contributed by atoms with Crippen LogP contribution in [0.25, 0.3) is 0 Å². The highest BCUT2D eigenvalue weighted by Crippen LogP contribution is 2.24. The lowest BCUT2D eigenvalue weighted by Gasteiger charge is -2.22. The molecule has 0 bridgehead atoms. The van der Waals surface area contributed by atoms with Crippen molar-refractivity contribution in [1.29, 1.82) is 0 Å². The van der Waals surface area contributed by atoms with E-state index in [0.29, 0.717) is 11.4 Å². The fourth-order valence-electron chi connectivity index (χ4n) is 1.43. The number of nitrogens with one attached hydrogen (secondary N) is 1. The lowest BCUT2D eigenvalue weighted by atomic mass is 9.90. The van der Waals surface area contributed by atoms with Crippen LogP contribution < -0.4 is 5.32 Å². The fourth-order valence-corrected chi connectivity index (χ4v) is 3.21. The highest BCUT2D eigenvalue weighted by atomic mass is 79.9. The smallest absolute Gasteiger partial charge is 0.261 e. The van der Waals surface area contributed by atoms with Crippen molar-refractivity contribution in [2.75, 3.05) is 6.54 Å². The predicted octanol–water partition coefficient (Wildman–Crippen LogP) is 3.68. The Labute approximate surface area is 110 Å². The van der Waals surface area contributed by atoms with Crippen molar-refractivity contribution >= 4 is 33.2 Å². The second-order valence-corrected chi connectivity index (χ2v) is 7.29. The summed E-state index contributed by atoms with van der Waals surface area (Å²) in [6, 6.07) is 3.73. The van der Waals surface area contributed by atoms with Gasteiger partial charge in [-0.3, -0.25) is 4.79 Å². The maximum absolute atomic E-state index is 11.7. The van der Waals surface area contributed by atoms with Crippen LogP contribution in [-0.4, -0.2) is 17.3 Å². The zero-order chi connectivity index (χ0) is 12.2. The summed E-state index contributed by atoms with van der Waals surface area (Å²) >= 11 is 5.06. The number of rotatable bonds is 4. The Morgan fingerprint density at radius 3 is 2.75 bits per heavy atom. The Hall–Kier alpha value is -0.350. The van der Waals surface area contributed by atoms with Gasteiger partial charge in [0.25, 0.3) is 5.91 Å². The summed E-state index contributed by atoms with van der Waals surface area (Å²) in [5.41, 5.74) is 0.280. The number of amides is 1. The highest BCUT2D eigenvalue weighted by Gasteiger charge is 2.17. The third-order valence-corrected chi connectivity index (χ3v) is 3.58. The molecule has 1 rings (SSSR count). The molecule has 2 nitrogen and oxygen atoms in total. The van der Waals surface area contributed by atoms with Gasteiger partial charge in [-0.1, -0.05) is 42.8 Å². The molecule has 0 radical (unpaired) electrons. The molecule has 90 valence electrons. The van der Waals surface area contributed by atoms with E-state index in [0.717, 1.165) is 11.3 Å². The van der Waals surface area contributed by atoms with Crippen LogP contribution >= 0.6 is 27.3 Å². The minimum absolute atomic E-state index is 0.0216. The van der Waals surface area contributed by atoms with E-state index < -0.39 is 0 Å². The maximum Gasteiger partial charge on any atom is 0.261 e. The second kappa shape index (κ2) is 5.82. The zero-order valence-electron chi connectivity index (χ0n) is 9.92. The van der Waals surface area contributed by atoms with Crippen molar-refractivity contribution in [3.8, 4) is 0 Å². The third kappa shape index (κ3) is 5.12. The number of carbonyl (C=O) groups is 1. The third-order valence-electron chi connectivity index (χ3n) is 2.06. The first-order chi connectivity index (χ1) is 7.38. The molecule has 0 aliphatic carbocycles. The van der Waals surface area contributed by atoms with E-state index in [1.165, 1.54) is 11.3 Å². The number of carbonyl (C=O) groups excluding carboxylic acids is 1. The summed E-state index contributed by atoms with van der Waals surface area (Å²) in [5, 5.41) is 4.84. The molecule has 1 atom stereocenters. The molecular weight excluding hydrogens is 286 g/mol. The number of thiophene rings is 1. The van der Waals surface area contributed by atoms with E-state index in [2.05, 4.69) is 42.0 Å². The molecule has 4 heteroatoms. The normalized spacial score (nSPS) is 13.5. The van der Waals surface area contributed by atoms with Gasteiger partial charge in [-0.25, -0.2) is 0 Å². The minimum atomic E-state index is 0.0216. The maximum atomic E-state index is 11.7. The van der Waals surface area contributed by atoms with E-state index in [9.17, 15) is 4.79 Å². The van der Waals surface area contributed by atoms with Crippen LogP contribution in [0.15, 0.2) is 17.5 Å². The molecular formula is C12H18BrNOS. The first-order valence-electron chi connectivity index (χ1n) is 5.34. The summed E-state index contributed by atoms with van der Waals surface area (Å²) in [6.07, 6.45) is 1.04. The standard InChI is InChI=1S/C12H18BrNOS/c1-12(2,3)7-9(13)8-14-11(15)10-5-4-6-16-10/h4-6,9H,7-8H2,1-3H3,(H,14,15).